The Bertz CT molecular complexity index is 6190. The zero-order valence-corrected chi connectivity index (χ0v) is 74.9. The number of rotatable bonds is 20. The molecule has 0 unspecified atom stereocenters. The first-order valence-corrected chi connectivity index (χ1v) is 43.2. The molecule has 0 saturated carbocycles. The highest BCUT2D eigenvalue weighted by Crippen LogP contribution is 2.39. The zero-order chi connectivity index (χ0) is 94.2. The van der Waals surface area contributed by atoms with Gasteiger partial charge < -0.3 is 50.7 Å². The Labute approximate surface area is 771 Å². The number of piperazine rings is 3. The third-order valence-corrected chi connectivity index (χ3v) is 22.5. The number of carbonyl (C=O) groups is 7. The maximum absolute atomic E-state index is 14.6. The number of hydrogen-bond acceptors (Lipinski definition) is 21. The van der Waals surface area contributed by atoms with Crippen LogP contribution in [0.4, 0.5) is 57.9 Å². The number of benzene rings is 4. The van der Waals surface area contributed by atoms with E-state index in [1.165, 1.54) is 30.5 Å². The molecule has 133 heavy (non-hydrogen) atoms. The third-order valence-electron chi connectivity index (χ3n) is 22.2. The van der Waals surface area contributed by atoms with E-state index in [1.54, 1.807) is 149 Å². The Hall–Kier alpha value is -15.7. The lowest BCUT2D eigenvalue weighted by atomic mass is 9.96. The molecule has 0 atom stereocenters. The fraction of sp³-hybridized carbons (Fsp3) is 0.240. The van der Waals surface area contributed by atoms with Crippen LogP contribution in [0.5, 0.6) is 0 Å². The third kappa shape index (κ3) is 26.8. The van der Waals surface area contributed by atoms with Crippen molar-refractivity contribution >= 4 is 93.3 Å². The predicted molar refractivity (Wildman–Crippen MR) is 503 cm³/mol. The maximum atomic E-state index is 14.6. The summed E-state index contributed by atoms with van der Waals surface area (Å²) in [5.41, 5.74) is 15.0. The van der Waals surface area contributed by atoms with Gasteiger partial charge in [-0.1, -0.05) is 60.1 Å². The summed E-state index contributed by atoms with van der Waals surface area (Å²) in [6.07, 6.45) is 13.8. The SMILES string of the molecule is CC(=O)N1CCN(c2ccc(NC(=O)Cc3ccc(-c4ccnc(C)c4)c(C(F)(F)F)c3)nc2)CC1.CC(=O)N1CCN(c2ccc(NC(=O)Cc3ccc(-c4ccnc(C)c4)c(Cl)c3)nc2)CC1.CC(=O)N1CCN(c2ccc(NC(=O)Cc3ccc(-c4ccnc(C)c4)c(F)c3)nc2)CC1.Cc1cc(-c2ccc(CC(=O)Nc3ccc(-c4cnccn4)cn3)cc2C#N)ccn1. The van der Waals surface area contributed by atoms with Gasteiger partial charge in [-0.2, -0.15) is 18.4 Å². The number of anilines is 7. The first-order chi connectivity index (χ1) is 64.0. The van der Waals surface area contributed by atoms with Gasteiger partial charge in [0.25, 0.3) is 0 Å². The highest BCUT2D eigenvalue weighted by atomic mass is 35.5. The highest BCUT2D eigenvalue weighted by molar-refractivity contribution is 6.33. The van der Waals surface area contributed by atoms with E-state index in [-0.39, 0.29) is 78.1 Å². The van der Waals surface area contributed by atoms with Crippen LogP contribution in [-0.4, -0.2) is 184 Å². The Morgan fingerprint density at radius 3 is 1.05 bits per heavy atom. The number of carbonyl (C=O) groups excluding carboxylic acids is 7. The minimum atomic E-state index is -4.58. The fourth-order valence-corrected chi connectivity index (χ4v) is 15.5. The summed E-state index contributed by atoms with van der Waals surface area (Å²) in [4.78, 5) is 138. The predicted octanol–water partition coefficient (Wildman–Crippen LogP) is 15.7. The van der Waals surface area contributed by atoms with Crippen molar-refractivity contribution in [1.82, 2.24) is 64.5 Å². The van der Waals surface area contributed by atoms with Gasteiger partial charge >= 0.3 is 6.18 Å². The number of hydrogen-bond donors (Lipinski definition) is 4. The van der Waals surface area contributed by atoms with Gasteiger partial charge in [0.2, 0.25) is 41.4 Å². The lowest BCUT2D eigenvalue weighted by Gasteiger charge is -2.35. The normalized spacial score (nSPS) is 13.0. The lowest BCUT2D eigenvalue weighted by molar-refractivity contribution is -0.137. The van der Waals surface area contributed by atoms with E-state index in [9.17, 15) is 56.4 Å². The number of halogens is 5. The number of amides is 7. The summed E-state index contributed by atoms with van der Waals surface area (Å²) in [6, 6.07) is 50.9. The van der Waals surface area contributed by atoms with Crippen molar-refractivity contribution in [2.45, 2.75) is 80.3 Å². The van der Waals surface area contributed by atoms with E-state index >= 15 is 0 Å². The lowest BCUT2D eigenvalue weighted by Crippen LogP contribution is -2.48. The molecule has 16 rings (SSSR count). The smallest absolute Gasteiger partial charge is 0.367 e. The molecule has 3 saturated heterocycles. The standard InChI is InChI=1S/C26H26F3N5O2.C25H26ClN5O2.C25H26FN5O2.C24H18N6O/c1-17-13-20(7-8-30-17)22-5-3-19(14-23(22)26(27,28)29)15-25(36)32-24-6-4-21(16-31-24)34-11-9-33(10-12-34)18(2)35;2*1-17-13-20(7-8-27-17)22-5-3-19(14-23(22)26)15-25(33)29-24-6-4-21(16-28-24)31-11-9-30(10-12-31)18(2)32;1-16-10-18(6-7-27-16)21-4-2-17(11-20(21)13-25)12-24(31)30-23-5-3-19(14-29-23)22-15-26-8-9-28-22/h3-8,13-14,16H,9-12,15H2,1-2H3,(H,31,32,36);2*3-8,13-14,16H,9-12,15H2,1-2H3,(H,28,29,33);2-11,14-15H,12H2,1H3,(H,29,30,31). The molecule has 9 aromatic heterocycles. The molecule has 0 aliphatic carbocycles. The molecule has 12 heterocycles. The van der Waals surface area contributed by atoms with E-state index in [2.05, 4.69) is 91.9 Å². The summed E-state index contributed by atoms with van der Waals surface area (Å²) in [5, 5.41) is 21.2. The number of alkyl halides is 3. The quantitative estimate of drug-likeness (QED) is 0.0515. The number of nitriles is 1. The molecule has 3 aliphatic heterocycles. The molecule has 678 valence electrons. The van der Waals surface area contributed by atoms with Crippen molar-refractivity contribution in [3.63, 3.8) is 0 Å². The Morgan fingerprint density at radius 1 is 0.361 bits per heavy atom. The van der Waals surface area contributed by atoms with Crippen LogP contribution in [0.25, 0.3) is 55.8 Å². The molecule has 4 aromatic carbocycles. The van der Waals surface area contributed by atoms with E-state index in [0.717, 1.165) is 111 Å². The summed E-state index contributed by atoms with van der Waals surface area (Å²) in [6.45, 7) is 20.6. The van der Waals surface area contributed by atoms with Crippen molar-refractivity contribution in [3.05, 3.63) is 305 Å². The van der Waals surface area contributed by atoms with E-state index in [1.807, 2.05) is 116 Å². The van der Waals surface area contributed by atoms with Crippen LogP contribution in [0.2, 0.25) is 5.02 Å². The molecule has 4 N–H and O–H groups in total. The van der Waals surface area contributed by atoms with Gasteiger partial charge in [-0.05, 0) is 205 Å². The van der Waals surface area contributed by atoms with Gasteiger partial charge in [0, 0.05) is 187 Å². The minimum Gasteiger partial charge on any atom is -0.367 e. The van der Waals surface area contributed by atoms with Gasteiger partial charge in [-0.15, -0.1) is 0 Å². The average Bonchev–Trinajstić information content (AvgIpc) is 0.790. The average molecular weight is 1820 g/mol. The van der Waals surface area contributed by atoms with Crippen molar-refractivity contribution < 1.29 is 51.1 Å². The molecule has 3 fully saturated rings. The molecule has 7 amide bonds. The Morgan fingerprint density at radius 2 is 0.707 bits per heavy atom. The molecule has 33 heteroatoms. The van der Waals surface area contributed by atoms with Crippen LogP contribution in [0.3, 0.4) is 0 Å². The first kappa shape index (κ1) is 94.9. The Kier molecular flexibility index (Phi) is 31.8. The molecule has 0 spiro atoms. The van der Waals surface area contributed by atoms with Gasteiger partial charge in [0.1, 0.15) is 29.1 Å². The second kappa shape index (κ2) is 44.6. The van der Waals surface area contributed by atoms with Crippen LogP contribution in [0, 0.1) is 44.8 Å². The zero-order valence-electron chi connectivity index (χ0n) is 74.2. The van der Waals surface area contributed by atoms with Gasteiger partial charge in [0.05, 0.1) is 90.4 Å². The minimum absolute atomic E-state index is 0.0403. The van der Waals surface area contributed by atoms with E-state index in [4.69, 9.17) is 11.6 Å². The van der Waals surface area contributed by atoms with E-state index < -0.39 is 17.6 Å². The molecule has 3 aliphatic rings. The maximum Gasteiger partial charge on any atom is 0.417 e. The summed E-state index contributed by atoms with van der Waals surface area (Å²) >= 11 is 6.49. The van der Waals surface area contributed by atoms with Crippen molar-refractivity contribution in [2.75, 3.05) is 115 Å². The number of pyridine rings is 8. The molecule has 28 nitrogen and oxygen atoms in total. The van der Waals surface area contributed by atoms with Crippen LogP contribution >= 0.6 is 11.6 Å². The topological polar surface area (TPSA) is 340 Å². The molecular formula is C100H96ClF4N21O7. The van der Waals surface area contributed by atoms with Crippen molar-refractivity contribution in [3.8, 4) is 61.8 Å². The van der Waals surface area contributed by atoms with Crippen molar-refractivity contribution in [2.24, 2.45) is 0 Å². The molecule has 0 bridgehead atoms. The van der Waals surface area contributed by atoms with Crippen LogP contribution in [0.15, 0.2) is 238 Å². The first-order valence-electron chi connectivity index (χ1n) is 42.8. The highest BCUT2D eigenvalue weighted by Gasteiger charge is 2.35. The van der Waals surface area contributed by atoms with Gasteiger partial charge in [-0.3, -0.25) is 63.5 Å². The van der Waals surface area contributed by atoms with Gasteiger partial charge in [-0.25, -0.2) is 24.3 Å². The van der Waals surface area contributed by atoms with Crippen LogP contribution in [0.1, 0.15) is 76.9 Å². The fourth-order valence-electron chi connectivity index (χ4n) is 15.2. The van der Waals surface area contributed by atoms with Crippen LogP contribution < -0.4 is 36.0 Å². The number of aryl methyl sites for hydroxylation is 4. The van der Waals surface area contributed by atoms with Gasteiger partial charge in [0.15, 0.2) is 0 Å². The Balaban J connectivity index is 0.000000151. The largest absolute Gasteiger partial charge is 0.417 e. The molecular weight excluding hydrogens is 1720 g/mol. The summed E-state index contributed by atoms with van der Waals surface area (Å²) in [7, 11) is 0. The second-order valence-corrected chi connectivity index (χ2v) is 32.3. The number of aromatic nitrogens is 10. The van der Waals surface area contributed by atoms with Crippen molar-refractivity contribution in [1.29, 1.82) is 5.26 Å². The molecule has 13 aromatic rings. The summed E-state index contributed by atoms with van der Waals surface area (Å²) in [5.74, 6) is 0.466. The number of nitrogens with zero attached hydrogens (tertiary/aromatic N) is 17. The summed E-state index contributed by atoms with van der Waals surface area (Å²) < 4.78 is 56.0. The number of nitrogens with one attached hydrogen (secondary N) is 4. The molecule has 0 radical (unpaired) electrons. The van der Waals surface area contributed by atoms with E-state index in [0.29, 0.717) is 114 Å². The monoisotopic (exact) mass is 1810 g/mol. The van der Waals surface area contributed by atoms with Crippen LogP contribution in [-0.2, 0) is 65.4 Å². The second-order valence-electron chi connectivity index (χ2n) is 31.8.